The van der Waals surface area contributed by atoms with Gasteiger partial charge in [0.1, 0.15) is 0 Å². The second-order valence-corrected chi connectivity index (χ2v) is 8.22. The number of para-hydroxylation sites is 1. The minimum absolute atomic E-state index is 0.0729. The van der Waals surface area contributed by atoms with Crippen LogP contribution in [-0.4, -0.2) is 23.3 Å². The number of benzene rings is 1. The van der Waals surface area contributed by atoms with E-state index in [4.69, 9.17) is 0 Å². The largest absolute Gasteiger partial charge is 0.331 e. The Bertz CT molecular complexity index is 823. The molecule has 2 amide bonds. The maximum atomic E-state index is 12.7. The van der Waals surface area contributed by atoms with Gasteiger partial charge in [-0.15, -0.1) is 11.3 Å². The third-order valence-corrected chi connectivity index (χ3v) is 6.61. The summed E-state index contributed by atoms with van der Waals surface area (Å²) in [6, 6.07) is 9.93. The van der Waals surface area contributed by atoms with E-state index in [1.54, 1.807) is 18.3 Å². The molecule has 136 valence electrons. The summed E-state index contributed by atoms with van der Waals surface area (Å²) >= 11 is 1.75. The lowest BCUT2D eigenvalue weighted by Gasteiger charge is -2.36. The van der Waals surface area contributed by atoms with Gasteiger partial charge in [0.15, 0.2) is 0 Å². The Morgan fingerprint density at radius 1 is 1.12 bits per heavy atom. The number of amides is 2. The van der Waals surface area contributed by atoms with E-state index in [1.807, 2.05) is 29.2 Å². The summed E-state index contributed by atoms with van der Waals surface area (Å²) in [5, 5.41) is 5.26. The fourth-order valence-electron chi connectivity index (χ4n) is 4.26. The van der Waals surface area contributed by atoms with Crippen molar-refractivity contribution in [3.05, 3.63) is 51.7 Å². The fraction of sp³-hybridized carbons (Fsp3) is 0.429. The van der Waals surface area contributed by atoms with E-state index < -0.39 is 0 Å². The van der Waals surface area contributed by atoms with Crippen LogP contribution in [0, 0.1) is 5.92 Å². The lowest BCUT2D eigenvalue weighted by molar-refractivity contribution is -0.130. The van der Waals surface area contributed by atoms with Gasteiger partial charge in [-0.3, -0.25) is 9.59 Å². The Labute approximate surface area is 158 Å². The van der Waals surface area contributed by atoms with Gasteiger partial charge in [0, 0.05) is 35.5 Å². The Balaban J connectivity index is 1.70. The molecule has 0 radical (unpaired) electrons. The highest BCUT2D eigenvalue weighted by molar-refractivity contribution is 7.10. The molecule has 4 rings (SSSR count). The molecular weight excluding hydrogens is 344 g/mol. The molecule has 2 heterocycles. The van der Waals surface area contributed by atoms with Gasteiger partial charge in [-0.2, -0.15) is 0 Å². The summed E-state index contributed by atoms with van der Waals surface area (Å²) in [4.78, 5) is 28.2. The highest BCUT2D eigenvalue weighted by Crippen LogP contribution is 2.40. The van der Waals surface area contributed by atoms with Crippen molar-refractivity contribution in [3.8, 4) is 0 Å². The van der Waals surface area contributed by atoms with Gasteiger partial charge in [0.05, 0.1) is 6.04 Å². The van der Waals surface area contributed by atoms with Crippen LogP contribution in [0.4, 0.5) is 5.69 Å². The normalized spacial score (nSPS) is 20.0. The highest BCUT2D eigenvalue weighted by Gasteiger charge is 2.33. The quantitative estimate of drug-likeness (QED) is 0.874. The number of thiophene rings is 1. The van der Waals surface area contributed by atoms with Gasteiger partial charge < -0.3 is 10.2 Å². The predicted molar refractivity (Wildman–Crippen MR) is 104 cm³/mol. The molecular formula is C21H24N2O2S. The van der Waals surface area contributed by atoms with E-state index in [0.717, 1.165) is 49.9 Å². The van der Waals surface area contributed by atoms with E-state index >= 15 is 0 Å². The van der Waals surface area contributed by atoms with Crippen LogP contribution in [0.15, 0.2) is 35.7 Å². The minimum atomic E-state index is -0.123. The number of fused-ring (bicyclic) bond motifs is 1. The van der Waals surface area contributed by atoms with Crippen LogP contribution in [0.2, 0.25) is 0 Å². The van der Waals surface area contributed by atoms with Crippen LogP contribution < -0.4 is 5.32 Å². The van der Waals surface area contributed by atoms with Crippen molar-refractivity contribution in [3.63, 3.8) is 0 Å². The molecule has 0 unspecified atom stereocenters. The molecule has 1 aromatic heterocycles. The van der Waals surface area contributed by atoms with Crippen molar-refractivity contribution in [1.29, 1.82) is 0 Å². The first-order chi connectivity index (χ1) is 12.6. The van der Waals surface area contributed by atoms with Gasteiger partial charge >= 0.3 is 0 Å². The number of carbonyl (C=O) groups excluding carboxylic acids is 2. The first kappa shape index (κ1) is 17.3. The average molecular weight is 369 g/mol. The molecule has 5 heteroatoms. The van der Waals surface area contributed by atoms with Crippen LogP contribution in [0.1, 0.15) is 54.7 Å². The molecule has 1 N–H and O–H groups in total. The zero-order chi connectivity index (χ0) is 18.1. The zero-order valence-electron chi connectivity index (χ0n) is 15.0. The van der Waals surface area contributed by atoms with Crippen molar-refractivity contribution in [2.45, 2.75) is 45.1 Å². The first-order valence-electron chi connectivity index (χ1n) is 9.38. The summed E-state index contributed by atoms with van der Waals surface area (Å²) in [7, 11) is 0. The summed E-state index contributed by atoms with van der Waals surface area (Å²) in [5.74, 6) is 0.310. The number of hydrogen-bond acceptors (Lipinski definition) is 3. The maximum absolute atomic E-state index is 12.7. The summed E-state index contributed by atoms with van der Waals surface area (Å²) in [6.45, 7) is 2.35. The number of anilines is 1. The molecule has 4 nitrogen and oxygen atoms in total. The smallest absolute Gasteiger partial charge is 0.227 e. The molecule has 2 aliphatic rings. The predicted octanol–water partition coefficient (Wildman–Crippen LogP) is 4.37. The third kappa shape index (κ3) is 3.16. The van der Waals surface area contributed by atoms with Gasteiger partial charge in [-0.1, -0.05) is 31.0 Å². The van der Waals surface area contributed by atoms with Crippen molar-refractivity contribution in [1.82, 2.24) is 4.90 Å². The standard InChI is InChI=1S/C21H24N2O2S/c1-14(24)23-12-10-19-17(11-13-26-19)20(23)16-8-4-5-9-18(16)22-21(25)15-6-2-3-7-15/h4-5,8-9,11,13,15,20H,2-3,6-7,10,12H2,1H3,(H,22,25)/t20-/m0/s1. The first-order valence-corrected chi connectivity index (χ1v) is 10.3. The lowest BCUT2D eigenvalue weighted by atomic mass is 9.92. The molecule has 1 saturated carbocycles. The maximum Gasteiger partial charge on any atom is 0.227 e. The topological polar surface area (TPSA) is 49.4 Å². The van der Waals surface area contributed by atoms with Crippen molar-refractivity contribution in [2.75, 3.05) is 11.9 Å². The molecule has 0 saturated heterocycles. The Hall–Kier alpha value is -2.14. The van der Waals surface area contributed by atoms with Crippen LogP contribution in [-0.2, 0) is 16.0 Å². The average Bonchev–Trinajstić information content (AvgIpc) is 3.33. The number of nitrogens with one attached hydrogen (secondary N) is 1. The van der Waals surface area contributed by atoms with Gasteiger partial charge in [0.2, 0.25) is 11.8 Å². The monoisotopic (exact) mass is 368 g/mol. The van der Waals surface area contributed by atoms with Gasteiger partial charge in [-0.25, -0.2) is 0 Å². The molecule has 0 spiro atoms. The molecule has 2 aromatic rings. The summed E-state index contributed by atoms with van der Waals surface area (Å²) in [6.07, 6.45) is 5.13. The second-order valence-electron chi connectivity index (χ2n) is 7.22. The minimum Gasteiger partial charge on any atom is -0.331 e. The van der Waals surface area contributed by atoms with Crippen LogP contribution in [0.3, 0.4) is 0 Å². The SMILES string of the molecule is CC(=O)N1CCc2sccc2[C@@H]1c1ccccc1NC(=O)C1CCCC1. The Morgan fingerprint density at radius 2 is 1.88 bits per heavy atom. The Morgan fingerprint density at radius 3 is 2.65 bits per heavy atom. The zero-order valence-corrected chi connectivity index (χ0v) is 15.8. The molecule has 1 aromatic carbocycles. The third-order valence-electron chi connectivity index (χ3n) is 5.61. The number of rotatable bonds is 3. The fourth-order valence-corrected chi connectivity index (χ4v) is 5.17. The van der Waals surface area contributed by atoms with E-state index in [9.17, 15) is 9.59 Å². The number of carbonyl (C=O) groups is 2. The van der Waals surface area contributed by atoms with E-state index in [0.29, 0.717) is 0 Å². The van der Waals surface area contributed by atoms with E-state index in [2.05, 4.69) is 16.8 Å². The molecule has 26 heavy (non-hydrogen) atoms. The highest BCUT2D eigenvalue weighted by atomic mass is 32.1. The van der Waals surface area contributed by atoms with Crippen LogP contribution in [0.5, 0.6) is 0 Å². The summed E-state index contributed by atoms with van der Waals surface area (Å²) < 4.78 is 0. The van der Waals surface area contributed by atoms with Crippen molar-refractivity contribution in [2.24, 2.45) is 5.92 Å². The number of nitrogens with zero attached hydrogens (tertiary/aromatic N) is 1. The molecule has 1 aliphatic heterocycles. The Kier molecular flexibility index (Phi) is 4.81. The molecule has 1 aliphatic carbocycles. The molecule has 0 bridgehead atoms. The second kappa shape index (κ2) is 7.23. The van der Waals surface area contributed by atoms with Crippen LogP contribution in [0.25, 0.3) is 0 Å². The summed E-state index contributed by atoms with van der Waals surface area (Å²) in [5.41, 5.74) is 3.03. The van der Waals surface area contributed by atoms with E-state index in [1.165, 1.54) is 10.4 Å². The van der Waals surface area contributed by atoms with Crippen molar-refractivity contribution >= 4 is 28.8 Å². The molecule has 1 fully saturated rings. The van der Waals surface area contributed by atoms with Gasteiger partial charge in [0.25, 0.3) is 0 Å². The molecule has 1 atom stereocenters. The number of hydrogen-bond donors (Lipinski definition) is 1. The van der Waals surface area contributed by atoms with E-state index in [-0.39, 0.29) is 23.8 Å². The van der Waals surface area contributed by atoms with Gasteiger partial charge in [-0.05, 0) is 42.3 Å². The lowest BCUT2D eigenvalue weighted by Crippen LogP contribution is -2.39. The van der Waals surface area contributed by atoms with Crippen LogP contribution >= 0.6 is 11.3 Å². The van der Waals surface area contributed by atoms with Crippen molar-refractivity contribution < 1.29 is 9.59 Å².